The van der Waals surface area contributed by atoms with Crippen molar-refractivity contribution in [3.8, 4) is 0 Å². The third-order valence-corrected chi connectivity index (χ3v) is 3.82. The van der Waals surface area contributed by atoms with Gasteiger partial charge in [-0.05, 0) is 25.0 Å². The first kappa shape index (κ1) is 15.3. The molecule has 110 valence electrons. The Balaban J connectivity index is 1.90. The molecule has 1 amide bonds. The van der Waals surface area contributed by atoms with E-state index in [0.717, 1.165) is 5.56 Å². The molecule has 0 bridgehead atoms. The van der Waals surface area contributed by atoms with Crippen molar-refractivity contribution in [1.82, 2.24) is 4.90 Å². The molecule has 1 aromatic rings. The molecule has 1 heterocycles. The summed E-state index contributed by atoms with van der Waals surface area (Å²) in [6.07, 6.45) is 0.746. The summed E-state index contributed by atoms with van der Waals surface area (Å²) < 4.78 is 5.53. The van der Waals surface area contributed by atoms with Crippen LogP contribution in [0.15, 0.2) is 24.3 Å². The minimum atomic E-state index is -0.275. The van der Waals surface area contributed by atoms with Crippen molar-refractivity contribution in [3.05, 3.63) is 34.9 Å². The average molecular weight is 298 g/mol. The van der Waals surface area contributed by atoms with Crippen molar-refractivity contribution < 1.29 is 14.6 Å². The Bertz CT molecular complexity index is 466. The molecule has 1 saturated heterocycles. The van der Waals surface area contributed by atoms with Crippen LogP contribution in [0.5, 0.6) is 0 Å². The third-order valence-electron chi connectivity index (χ3n) is 3.45. The van der Waals surface area contributed by atoms with Gasteiger partial charge >= 0.3 is 0 Å². The predicted octanol–water partition coefficient (Wildman–Crippen LogP) is 1.88. The zero-order valence-electron chi connectivity index (χ0n) is 11.6. The third kappa shape index (κ3) is 3.95. The number of aliphatic hydroxyl groups is 1. The highest BCUT2D eigenvalue weighted by Crippen LogP contribution is 2.18. The number of benzene rings is 1. The summed E-state index contributed by atoms with van der Waals surface area (Å²) >= 11 is 6.08. The van der Waals surface area contributed by atoms with E-state index in [-0.39, 0.29) is 24.7 Å². The maximum absolute atomic E-state index is 12.2. The van der Waals surface area contributed by atoms with E-state index in [1.165, 1.54) is 0 Å². The van der Waals surface area contributed by atoms with E-state index < -0.39 is 0 Å². The van der Waals surface area contributed by atoms with Crippen LogP contribution in [0.2, 0.25) is 5.02 Å². The molecule has 1 aromatic carbocycles. The number of aryl methyl sites for hydroxylation is 1. The maximum atomic E-state index is 12.2. The molecule has 1 fully saturated rings. The van der Waals surface area contributed by atoms with Crippen molar-refractivity contribution in [2.75, 3.05) is 19.7 Å². The molecule has 20 heavy (non-hydrogen) atoms. The van der Waals surface area contributed by atoms with Crippen LogP contribution in [-0.4, -0.2) is 47.8 Å². The fraction of sp³-hybridized carbons (Fsp3) is 0.533. The van der Waals surface area contributed by atoms with Gasteiger partial charge in [0, 0.05) is 24.5 Å². The lowest BCUT2D eigenvalue weighted by molar-refractivity contribution is -0.147. The summed E-state index contributed by atoms with van der Waals surface area (Å²) in [4.78, 5) is 14.0. The molecular formula is C15H20ClNO3. The number of ether oxygens (including phenoxy) is 1. The summed E-state index contributed by atoms with van der Waals surface area (Å²) in [7, 11) is 0. The van der Waals surface area contributed by atoms with Gasteiger partial charge in [-0.1, -0.05) is 29.8 Å². The van der Waals surface area contributed by atoms with Gasteiger partial charge in [0.25, 0.3) is 0 Å². The van der Waals surface area contributed by atoms with Crippen molar-refractivity contribution in [2.45, 2.75) is 32.0 Å². The van der Waals surface area contributed by atoms with Gasteiger partial charge in [-0.2, -0.15) is 0 Å². The topological polar surface area (TPSA) is 49.8 Å². The number of nitrogens with zero attached hydrogens (tertiary/aromatic N) is 1. The van der Waals surface area contributed by atoms with E-state index in [1.807, 2.05) is 31.2 Å². The molecule has 1 aliphatic rings. The van der Waals surface area contributed by atoms with Crippen LogP contribution < -0.4 is 0 Å². The van der Waals surface area contributed by atoms with Gasteiger partial charge in [-0.3, -0.25) is 4.79 Å². The van der Waals surface area contributed by atoms with Crippen LogP contribution in [0.1, 0.15) is 18.9 Å². The first-order valence-corrected chi connectivity index (χ1v) is 7.25. The minimum Gasteiger partial charge on any atom is -0.394 e. The number of rotatable bonds is 4. The summed E-state index contributed by atoms with van der Waals surface area (Å²) in [6.45, 7) is 2.90. The maximum Gasteiger partial charge on any atom is 0.223 e. The fourth-order valence-corrected chi connectivity index (χ4v) is 2.68. The lowest BCUT2D eigenvalue weighted by Gasteiger charge is -2.36. The number of morpholine rings is 1. The van der Waals surface area contributed by atoms with Gasteiger partial charge < -0.3 is 14.7 Å². The Labute approximate surface area is 124 Å². The van der Waals surface area contributed by atoms with Crippen molar-refractivity contribution in [2.24, 2.45) is 0 Å². The van der Waals surface area contributed by atoms with Crippen LogP contribution >= 0.6 is 11.6 Å². The molecular weight excluding hydrogens is 278 g/mol. The van der Waals surface area contributed by atoms with E-state index in [4.69, 9.17) is 16.3 Å². The second kappa shape index (κ2) is 7.07. The molecule has 2 rings (SSSR count). The number of carbonyl (C=O) groups excluding carboxylic acids is 1. The van der Waals surface area contributed by atoms with Gasteiger partial charge in [0.15, 0.2) is 0 Å². The first-order valence-electron chi connectivity index (χ1n) is 6.87. The summed E-state index contributed by atoms with van der Waals surface area (Å²) in [5, 5.41) is 9.87. The molecule has 0 aromatic heterocycles. The number of halogens is 1. The van der Waals surface area contributed by atoms with Gasteiger partial charge in [0.2, 0.25) is 5.91 Å². The molecule has 1 N–H and O–H groups in total. The predicted molar refractivity (Wildman–Crippen MR) is 77.8 cm³/mol. The highest BCUT2D eigenvalue weighted by Gasteiger charge is 2.27. The second-order valence-corrected chi connectivity index (χ2v) is 5.55. The Morgan fingerprint density at radius 2 is 2.20 bits per heavy atom. The molecule has 0 radical (unpaired) electrons. The Morgan fingerprint density at radius 1 is 1.45 bits per heavy atom. The molecule has 0 saturated carbocycles. The van der Waals surface area contributed by atoms with Crippen molar-refractivity contribution >= 4 is 17.5 Å². The van der Waals surface area contributed by atoms with Gasteiger partial charge in [0.1, 0.15) is 0 Å². The Kier molecular flexibility index (Phi) is 5.40. The zero-order valence-corrected chi connectivity index (χ0v) is 12.3. The van der Waals surface area contributed by atoms with E-state index in [2.05, 4.69) is 0 Å². The standard InChI is InChI=1S/C15H20ClNO3/c1-11-8-17(9-13(10-18)20-11)15(19)7-6-12-4-2-3-5-14(12)16/h2-5,11,13,18H,6-10H2,1H3. The smallest absolute Gasteiger partial charge is 0.223 e. The largest absolute Gasteiger partial charge is 0.394 e. The second-order valence-electron chi connectivity index (χ2n) is 5.14. The van der Waals surface area contributed by atoms with E-state index >= 15 is 0 Å². The van der Waals surface area contributed by atoms with E-state index in [1.54, 1.807) is 4.90 Å². The zero-order chi connectivity index (χ0) is 14.5. The molecule has 2 unspecified atom stereocenters. The van der Waals surface area contributed by atoms with Crippen LogP contribution in [-0.2, 0) is 16.0 Å². The van der Waals surface area contributed by atoms with Crippen LogP contribution in [0, 0.1) is 0 Å². The number of hydrogen-bond donors (Lipinski definition) is 1. The highest BCUT2D eigenvalue weighted by molar-refractivity contribution is 6.31. The van der Waals surface area contributed by atoms with Crippen LogP contribution in [0.25, 0.3) is 0 Å². The summed E-state index contributed by atoms with van der Waals surface area (Å²) in [5.74, 6) is 0.0820. The summed E-state index contributed by atoms with van der Waals surface area (Å²) in [6, 6.07) is 7.57. The average Bonchev–Trinajstić information content (AvgIpc) is 2.45. The molecule has 0 spiro atoms. The Morgan fingerprint density at radius 3 is 2.90 bits per heavy atom. The highest BCUT2D eigenvalue weighted by atomic mass is 35.5. The van der Waals surface area contributed by atoms with E-state index in [9.17, 15) is 9.90 Å². The van der Waals surface area contributed by atoms with Crippen molar-refractivity contribution in [1.29, 1.82) is 0 Å². The number of amides is 1. The van der Waals surface area contributed by atoms with Crippen molar-refractivity contribution in [3.63, 3.8) is 0 Å². The molecule has 0 aliphatic carbocycles. The molecule has 2 atom stereocenters. The normalized spacial score (nSPS) is 22.9. The van der Waals surface area contributed by atoms with Gasteiger partial charge in [-0.25, -0.2) is 0 Å². The number of aliphatic hydroxyl groups excluding tert-OH is 1. The molecule has 4 nitrogen and oxygen atoms in total. The minimum absolute atomic E-state index is 0.0369. The summed E-state index contributed by atoms with van der Waals surface area (Å²) in [5.41, 5.74) is 0.988. The van der Waals surface area contributed by atoms with Crippen LogP contribution in [0.4, 0.5) is 0 Å². The number of hydrogen-bond acceptors (Lipinski definition) is 3. The lowest BCUT2D eigenvalue weighted by atomic mass is 10.1. The van der Waals surface area contributed by atoms with Gasteiger partial charge in [0.05, 0.1) is 18.8 Å². The SMILES string of the molecule is CC1CN(C(=O)CCc2ccccc2Cl)CC(CO)O1. The van der Waals surface area contributed by atoms with Crippen LogP contribution in [0.3, 0.4) is 0 Å². The molecule has 1 aliphatic heterocycles. The van der Waals surface area contributed by atoms with E-state index in [0.29, 0.717) is 31.0 Å². The lowest BCUT2D eigenvalue weighted by Crippen LogP contribution is -2.50. The quantitative estimate of drug-likeness (QED) is 0.923. The fourth-order valence-electron chi connectivity index (χ4n) is 2.45. The van der Waals surface area contributed by atoms with Gasteiger partial charge in [-0.15, -0.1) is 0 Å². The Hall–Kier alpha value is -1.10. The first-order chi connectivity index (χ1) is 9.60. The number of carbonyl (C=O) groups is 1. The monoisotopic (exact) mass is 297 g/mol. The molecule has 5 heteroatoms.